The molecule has 0 atom stereocenters. The Labute approximate surface area is 134 Å². The van der Waals surface area contributed by atoms with Gasteiger partial charge in [0.2, 0.25) is 10.0 Å². The maximum Gasteiger partial charge on any atom is 0.325 e. The standard InChI is InChI=1S/C14H19NO7S/c1-20-10-3-4-11(21-2)12(9-10)23(18,19)15-14(13(16)17)5-7-22-8-6-14/h3-4,9,15H,5-8H2,1-2H3,(H,16,17). The SMILES string of the molecule is COc1ccc(OC)c(S(=O)(=O)NC2(C(=O)O)CCOCC2)c1. The highest BCUT2D eigenvalue weighted by atomic mass is 32.2. The largest absolute Gasteiger partial charge is 0.497 e. The number of carbonyl (C=O) groups is 1. The second kappa shape index (κ2) is 6.73. The van der Waals surface area contributed by atoms with Gasteiger partial charge in [0.1, 0.15) is 21.9 Å². The lowest BCUT2D eigenvalue weighted by molar-refractivity contribution is -0.147. The minimum atomic E-state index is -4.13. The molecule has 2 rings (SSSR count). The molecular formula is C14H19NO7S. The fourth-order valence-electron chi connectivity index (χ4n) is 2.39. The molecule has 1 aliphatic heterocycles. The molecule has 0 aromatic heterocycles. The van der Waals surface area contributed by atoms with Crippen LogP contribution in [-0.2, 0) is 19.6 Å². The van der Waals surface area contributed by atoms with E-state index in [-0.39, 0.29) is 36.7 Å². The third kappa shape index (κ3) is 3.57. The molecule has 0 bridgehead atoms. The second-order valence-electron chi connectivity index (χ2n) is 5.12. The van der Waals surface area contributed by atoms with Crippen LogP contribution in [0.2, 0.25) is 0 Å². The number of rotatable bonds is 6. The highest BCUT2D eigenvalue weighted by Crippen LogP contribution is 2.31. The van der Waals surface area contributed by atoms with Gasteiger partial charge in [0, 0.05) is 32.1 Å². The summed E-state index contributed by atoms with van der Waals surface area (Å²) in [4.78, 5) is 11.4. The van der Waals surface area contributed by atoms with E-state index in [0.717, 1.165) is 0 Å². The minimum absolute atomic E-state index is 0.0495. The predicted octanol–water partition coefficient (Wildman–Crippen LogP) is 0.616. The molecular weight excluding hydrogens is 326 g/mol. The molecule has 1 aromatic carbocycles. The number of carboxylic acids is 1. The first-order valence-electron chi connectivity index (χ1n) is 6.92. The van der Waals surface area contributed by atoms with Crippen LogP contribution in [0.15, 0.2) is 23.1 Å². The summed E-state index contributed by atoms with van der Waals surface area (Å²) in [5.41, 5.74) is -1.59. The number of aliphatic carboxylic acids is 1. The van der Waals surface area contributed by atoms with E-state index in [1.807, 2.05) is 0 Å². The Kier molecular flexibility index (Phi) is 5.12. The van der Waals surface area contributed by atoms with Crippen molar-refractivity contribution < 1.29 is 32.5 Å². The highest BCUT2D eigenvalue weighted by molar-refractivity contribution is 7.89. The predicted molar refractivity (Wildman–Crippen MR) is 80.3 cm³/mol. The highest BCUT2D eigenvalue weighted by Gasteiger charge is 2.44. The lowest BCUT2D eigenvalue weighted by Gasteiger charge is -2.33. The first-order chi connectivity index (χ1) is 10.8. The van der Waals surface area contributed by atoms with Crippen molar-refractivity contribution in [2.24, 2.45) is 0 Å². The zero-order chi connectivity index (χ0) is 17.1. The molecule has 1 aliphatic rings. The Morgan fingerprint density at radius 2 is 1.91 bits per heavy atom. The Morgan fingerprint density at radius 3 is 2.43 bits per heavy atom. The van der Waals surface area contributed by atoms with E-state index in [9.17, 15) is 18.3 Å². The van der Waals surface area contributed by atoms with Crippen molar-refractivity contribution in [2.75, 3.05) is 27.4 Å². The van der Waals surface area contributed by atoms with Crippen LogP contribution < -0.4 is 14.2 Å². The van der Waals surface area contributed by atoms with Gasteiger partial charge in [0.25, 0.3) is 0 Å². The van der Waals surface area contributed by atoms with Gasteiger partial charge in [-0.3, -0.25) is 4.79 Å². The lowest BCUT2D eigenvalue weighted by Crippen LogP contribution is -2.57. The fraction of sp³-hybridized carbons (Fsp3) is 0.500. The van der Waals surface area contributed by atoms with Crippen LogP contribution in [0, 0.1) is 0 Å². The maximum atomic E-state index is 12.7. The van der Waals surface area contributed by atoms with Crippen molar-refractivity contribution in [2.45, 2.75) is 23.3 Å². The quantitative estimate of drug-likeness (QED) is 0.777. The number of nitrogens with one attached hydrogen (secondary N) is 1. The molecule has 2 N–H and O–H groups in total. The van der Waals surface area contributed by atoms with Gasteiger partial charge in [-0.1, -0.05) is 0 Å². The van der Waals surface area contributed by atoms with Crippen molar-refractivity contribution in [3.05, 3.63) is 18.2 Å². The van der Waals surface area contributed by atoms with Crippen molar-refractivity contribution in [1.29, 1.82) is 0 Å². The zero-order valence-corrected chi connectivity index (χ0v) is 13.7. The molecule has 1 saturated heterocycles. The Bertz CT molecular complexity index is 680. The first-order valence-corrected chi connectivity index (χ1v) is 8.40. The third-order valence-electron chi connectivity index (χ3n) is 3.75. The van der Waals surface area contributed by atoms with Gasteiger partial charge in [-0.05, 0) is 12.1 Å². The topological polar surface area (TPSA) is 111 Å². The number of ether oxygens (including phenoxy) is 3. The normalized spacial score (nSPS) is 17.5. The van der Waals surface area contributed by atoms with Gasteiger partial charge < -0.3 is 19.3 Å². The van der Waals surface area contributed by atoms with Gasteiger partial charge in [0.05, 0.1) is 14.2 Å². The van der Waals surface area contributed by atoms with Crippen LogP contribution in [0.1, 0.15) is 12.8 Å². The Morgan fingerprint density at radius 1 is 1.26 bits per heavy atom. The zero-order valence-electron chi connectivity index (χ0n) is 12.9. The van der Waals surface area contributed by atoms with E-state index in [1.165, 1.54) is 26.4 Å². The summed E-state index contributed by atoms with van der Waals surface area (Å²) in [6, 6.07) is 4.29. The fourth-order valence-corrected chi connectivity index (χ4v) is 3.99. The van der Waals surface area contributed by atoms with Gasteiger partial charge in [-0.2, -0.15) is 4.72 Å². The number of hydrogen-bond acceptors (Lipinski definition) is 6. The van der Waals surface area contributed by atoms with Crippen LogP contribution in [0.4, 0.5) is 0 Å². The summed E-state index contributed by atoms with van der Waals surface area (Å²) in [5.74, 6) is -0.806. The molecule has 0 aliphatic carbocycles. The molecule has 0 unspecified atom stereocenters. The minimum Gasteiger partial charge on any atom is -0.497 e. The van der Waals surface area contributed by atoms with Crippen LogP contribution in [-0.4, -0.2) is 52.5 Å². The second-order valence-corrected chi connectivity index (χ2v) is 6.77. The number of sulfonamides is 1. The number of benzene rings is 1. The Balaban J connectivity index is 2.43. The summed E-state index contributed by atoms with van der Waals surface area (Å²) >= 11 is 0. The van der Waals surface area contributed by atoms with Crippen LogP contribution in [0.5, 0.6) is 11.5 Å². The maximum absolute atomic E-state index is 12.7. The van der Waals surface area contributed by atoms with Crippen molar-refractivity contribution in [3.63, 3.8) is 0 Å². The molecule has 8 nitrogen and oxygen atoms in total. The van der Waals surface area contributed by atoms with E-state index in [0.29, 0.717) is 5.75 Å². The number of carboxylic acid groups (broad SMARTS) is 1. The number of methoxy groups -OCH3 is 2. The van der Waals surface area contributed by atoms with E-state index in [2.05, 4.69) is 4.72 Å². The van der Waals surface area contributed by atoms with Gasteiger partial charge in [0.15, 0.2) is 0 Å². The molecule has 1 heterocycles. The lowest BCUT2D eigenvalue weighted by atomic mass is 9.92. The van der Waals surface area contributed by atoms with Crippen LogP contribution in [0.3, 0.4) is 0 Å². The monoisotopic (exact) mass is 345 g/mol. The summed E-state index contributed by atoms with van der Waals surface area (Å²) in [5, 5.41) is 9.49. The molecule has 0 saturated carbocycles. The molecule has 1 aromatic rings. The third-order valence-corrected chi connectivity index (χ3v) is 5.30. The van der Waals surface area contributed by atoms with Crippen molar-refractivity contribution >= 4 is 16.0 Å². The van der Waals surface area contributed by atoms with E-state index in [1.54, 1.807) is 6.07 Å². The summed E-state index contributed by atoms with van der Waals surface area (Å²) in [7, 11) is -1.39. The first kappa shape index (κ1) is 17.5. The summed E-state index contributed by atoms with van der Waals surface area (Å²) in [6.07, 6.45) is 0.0989. The number of hydrogen-bond donors (Lipinski definition) is 2. The van der Waals surface area contributed by atoms with Gasteiger partial charge in [-0.25, -0.2) is 8.42 Å². The molecule has 9 heteroatoms. The van der Waals surface area contributed by atoms with Crippen LogP contribution >= 0.6 is 0 Å². The van der Waals surface area contributed by atoms with Crippen molar-refractivity contribution in [3.8, 4) is 11.5 Å². The van der Waals surface area contributed by atoms with E-state index >= 15 is 0 Å². The van der Waals surface area contributed by atoms with Gasteiger partial charge in [-0.15, -0.1) is 0 Å². The molecule has 23 heavy (non-hydrogen) atoms. The molecule has 128 valence electrons. The van der Waals surface area contributed by atoms with Crippen molar-refractivity contribution in [1.82, 2.24) is 4.72 Å². The molecule has 0 radical (unpaired) electrons. The molecule has 0 spiro atoms. The van der Waals surface area contributed by atoms with E-state index < -0.39 is 21.5 Å². The average molecular weight is 345 g/mol. The van der Waals surface area contributed by atoms with E-state index in [4.69, 9.17) is 14.2 Å². The summed E-state index contributed by atoms with van der Waals surface area (Å²) in [6.45, 7) is 0.341. The smallest absolute Gasteiger partial charge is 0.325 e. The Hall–Kier alpha value is -1.84. The van der Waals surface area contributed by atoms with Gasteiger partial charge >= 0.3 is 5.97 Å². The van der Waals surface area contributed by atoms with Crippen LogP contribution in [0.25, 0.3) is 0 Å². The molecule has 0 amide bonds. The summed E-state index contributed by atoms with van der Waals surface area (Å²) < 4.78 is 43.0. The average Bonchev–Trinajstić information content (AvgIpc) is 2.54. The molecule has 1 fully saturated rings.